The van der Waals surface area contributed by atoms with E-state index in [1.54, 1.807) is 6.07 Å². The molecule has 1 rings (SSSR count). The van der Waals surface area contributed by atoms with Crippen molar-refractivity contribution in [3.05, 3.63) is 33.3 Å². The molecule has 0 bridgehead atoms. The number of nitro groups is 1. The normalized spacial score (nSPS) is 10.1. The number of hydrogen-bond donors (Lipinski definition) is 0. The van der Waals surface area contributed by atoms with Crippen LogP contribution in [0.15, 0.2) is 18.2 Å². The highest BCUT2D eigenvalue weighted by molar-refractivity contribution is 6.33. The Morgan fingerprint density at radius 1 is 1.40 bits per heavy atom. The predicted molar refractivity (Wildman–Crippen MR) is 61.7 cm³/mol. The first-order valence-corrected chi connectivity index (χ1v) is 5.16. The van der Waals surface area contributed by atoms with Crippen LogP contribution in [-0.2, 0) is 0 Å². The second-order valence-electron chi connectivity index (χ2n) is 3.07. The summed E-state index contributed by atoms with van der Waals surface area (Å²) in [5.74, 6) is 0. The second kappa shape index (κ2) is 4.98. The number of nitrogens with zero attached hydrogens (tertiary/aromatic N) is 2. The molecular weight excluding hydrogens is 216 g/mol. The number of halogens is 1. The van der Waals surface area contributed by atoms with Gasteiger partial charge in [0.05, 0.1) is 15.6 Å². The first kappa shape index (κ1) is 11.8. The van der Waals surface area contributed by atoms with Gasteiger partial charge in [0.2, 0.25) is 0 Å². The smallest absolute Gasteiger partial charge is 0.271 e. The van der Waals surface area contributed by atoms with Crippen molar-refractivity contribution in [3.63, 3.8) is 0 Å². The third-order valence-corrected chi connectivity index (χ3v) is 2.56. The van der Waals surface area contributed by atoms with Crippen molar-refractivity contribution in [2.24, 2.45) is 0 Å². The molecule has 0 aliphatic rings. The molecule has 0 aromatic heterocycles. The number of nitro benzene ring substituents is 1. The molecule has 1 aromatic carbocycles. The zero-order chi connectivity index (χ0) is 11.4. The predicted octanol–water partition coefficient (Wildman–Crippen LogP) is 3.09. The summed E-state index contributed by atoms with van der Waals surface area (Å²) in [6, 6.07) is 4.48. The van der Waals surface area contributed by atoms with Gasteiger partial charge < -0.3 is 4.90 Å². The minimum Gasteiger partial charge on any atom is -0.371 e. The summed E-state index contributed by atoms with van der Waals surface area (Å²) in [4.78, 5) is 12.2. The van der Waals surface area contributed by atoms with Gasteiger partial charge in [-0.25, -0.2) is 0 Å². The van der Waals surface area contributed by atoms with Crippen LogP contribution in [0.5, 0.6) is 0 Å². The Hall–Kier alpha value is -1.29. The van der Waals surface area contributed by atoms with Gasteiger partial charge in [-0.05, 0) is 19.9 Å². The molecule has 0 fully saturated rings. The van der Waals surface area contributed by atoms with Gasteiger partial charge in [0.15, 0.2) is 0 Å². The van der Waals surface area contributed by atoms with Crippen molar-refractivity contribution in [2.75, 3.05) is 18.0 Å². The Bertz CT molecular complexity index is 364. The van der Waals surface area contributed by atoms with Crippen LogP contribution in [0.3, 0.4) is 0 Å². The van der Waals surface area contributed by atoms with E-state index in [1.807, 2.05) is 18.7 Å². The fourth-order valence-corrected chi connectivity index (χ4v) is 1.66. The Morgan fingerprint density at radius 3 is 2.47 bits per heavy atom. The van der Waals surface area contributed by atoms with E-state index in [0.717, 1.165) is 18.8 Å². The monoisotopic (exact) mass is 228 g/mol. The maximum Gasteiger partial charge on any atom is 0.271 e. The third kappa shape index (κ3) is 2.59. The average molecular weight is 229 g/mol. The highest BCUT2D eigenvalue weighted by Crippen LogP contribution is 2.29. The first-order valence-electron chi connectivity index (χ1n) is 4.79. The quantitative estimate of drug-likeness (QED) is 0.588. The molecule has 0 heterocycles. The molecule has 0 N–H and O–H groups in total. The molecule has 0 saturated heterocycles. The summed E-state index contributed by atoms with van der Waals surface area (Å²) in [7, 11) is 0. The topological polar surface area (TPSA) is 46.4 Å². The fraction of sp³-hybridized carbons (Fsp3) is 0.400. The Morgan fingerprint density at radius 2 is 2.00 bits per heavy atom. The van der Waals surface area contributed by atoms with Crippen LogP contribution in [0.2, 0.25) is 5.02 Å². The molecule has 0 unspecified atom stereocenters. The molecule has 4 nitrogen and oxygen atoms in total. The summed E-state index contributed by atoms with van der Waals surface area (Å²) in [5, 5.41) is 11.2. The molecule has 0 amide bonds. The van der Waals surface area contributed by atoms with Gasteiger partial charge in [-0.15, -0.1) is 0 Å². The molecule has 15 heavy (non-hydrogen) atoms. The molecule has 0 aliphatic carbocycles. The number of benzene rings is 1. The van der Waals surface area contributed by atoms with Gasteiger partial charge in [0.25, 0.3) is 5.69 Å². The van der Waals surface area contributed by atoms with Crippen molar-refractivity contribution in [1.82, 2.24) is 0 Å². The highest BCUT2D eigenvalue weighted by Gasteiger charge is 2.12. The summed E-state index contributed by atoms with van der Waals surface area (Å²) < 4.78 is 0. The molecule has 0 saturated carbocycles. The van der Waals surface area contributed by atoms with Crippen molar-refractivity contribution in [2.45, 2.75) is 13.8 Å². The van der Waals surface area contributed by atoms with Crippen LogP contribution in [0, 0.1) is 10.1 Å². The van der Waals surface area contributed by atoms with E-state index in [2.05, 4.69) is 0 Å². The van der Waals surface area contributed by atoms with Crippen molar-refractivity contribution in [1.29, 1.82) is 0 Å². The molecule has 1 aromatic rings. The lowest BCUT2D eigenvalue weighted by Crippen LogP contribution is -2.22. The van der Waals surface area contributed by atoms with Crippen LogP contribution in [0.1, 0.15) is 13.8 Å². The van der Waals surface area contributed by atoms with E-state index in [4.69, 9.17) is 11.6 Å². The zero-order valence-corrected chi connectivity index (χ0v) is 9.49. The molecule has 5 heteroatoms. The Labute approximate surface area is 93.6 Å². The molecule has 82 valence electrons. The van der Waals surface area contributed by atoms with Crippen LogP contribution >= 0.6 is 11.6 Å². The van der Waals surface area contributed by atoms with Crippen LogP contribution < -0.4 is 4.90 Å². The standard InChI is InChI=1S/C10H13ClN2O2/c1-3-12(4-2)10-7-8(13(14)15)5-6-9(10)11/h5-7H,3-4H2,1-2H3. The van der Waals surface area contributed by atoms with E-state index in [0.29, 0.717) is 5.02 Å². The molecular formula is C10H13ClN2O2. The van der Waals surface area contributed by atoms with E-state index in [9.17, 15) is 10.1 Å². The van der Waals surface area contributed by atoms with E-state index in [-0.39, 0.29) is 5.69 Å². The van der Waals surface area contributed by atoms with Crippen molar-refractivity contribution < 1.29 is 4.92 Å². The number of hydrogen-bond acceptors (Lipinski definition) is 3. The van der Waals surface area contributed by atoms with E-state index >= 15 is 0 Å². The summed E-state index contributed by atoms with van der Waals surface area (Å²) in [6.45, 7) is 5.52. The second-order valence-corrected chi connectivity index (χ2v) is 3.47. The molecule has 0 spiro atoms. The SMILES string of the molecule is CCN(CC)c1cc([N+](=O)[O-])ccc1Cl. The summed E-state index contributed by atoms with van der Waals surface area (Å²) in [6.07, 6.45) is 0. The van der Waals surface area contributed by atoms with Crippen LogP contribution in [0.4, 0.5) is 11.4 Å². The van der Waals surface area contributed by atoms with Crippen molar-refractivity contribution in [3.8, 4) is 0 Å². The third-order valence-electron chi connectivity index (χ3n) is 2.24. The van der Waals surface area contributed by atoms with Crippen LogP contribution in [-0.4, -0.2) is 18.0 Å². The lowest BCUT2D eigenvalue weighted by atomic mass is 10.2. The molecule has 0 radical (unpaired) electrons. The maximum absolute atomic E-state index is 10.6. The van der Waals surface area contributed by atoms with Gasteiger partial charge in [0.1, 0.15) is 0 Å². The van der Waals surface area contributed by atoms with Gasteiger partial charge in [0, 0.05) is 25.2 Å². The number of anilines is 1. The largest absolute Gasteiger partial charge is 0.371 e. The fourth-order valence-electron chi connectivity index (χ4n) is 1.42. The van der Waals surface area contributed by atoms with Gasteiger partial charge in [-0.2, -0.15) is 0 Å². The van der Waals surface area contributed by atoms with Gasteiger partial charge in [-0.3, -0.25) is 10.1 Å². The number of non-ortho nitro benzene ring substituents is 1. The average Bonchev–Trinajstić information content (AvgIpc) is 2.22. The zero-order valence-electron chi connectivity index (χ0n) is 8.74. The first-order chi connectivity index (χ1) is 7.10. The Kier molecular flexibility index (Phi) is 3.91. The van der Waals surface area contributed by atoms with E-state index in [1.165, 1.54) is 12.1 Å². The highest BCUT2D eigenvalue weighted by atomic mass is 35.5. The minimum atomic E-state index is -0.413. The number of rotatable bonds is 4. The maximum atomic E-state index is 10.6. The molecule has 0 atom stereocenters. The summed E-state index contributed by atoms with van der Waals surface area (Å²) >= 11 is 5.99. The lowest BCUT2D eigenvalue weighted by molar-refractivity contribution is -0.384. The van der Waals surface area contributed by atoms with Crippen LogP contribution in [0.25, 0.3) is 0 Å². The molecule has 0 aliphatic heterocycles. The van der Waals surface area contributed by atoms with E-state index < -0.39 is 4.92 Å². The van der Waals surface area contributed by atoms with Crippen molar-refractivity contribution >= 4 is 23.0 Å². The lowest BCUT2D eigenvalue weighted by Gasteiger charge is -2.21. The van der Waals surface area contributed by atoms with Gasteiger partial charge in [-0.1, -0.05) is 11.6 Å². The summed E-state index contributed by atoms with van der Waals surface area (Å²) in [5.41, 5.74) is 0.789. The van der Waals surface area contributed by atoms with Gasteiger partial charge >= 0.3 is 0 Å². The minimum absolute atomic E-state index is 0.0706. The Balaban J connectivity index is 3.15.